The fourth-order valence-electron chi connectivity index (χ4n) is 1.77. The lowest BCUT2D eigenvalue weighted by Crippen LogP contribution is -2.32. The molecule has 0 aromatic rings. The van der Waals surface area contributed by atoms with E-state index in [1.165, 1.54) is 0 Å². The van der Waals surface area contributed by atoms with E-state index >= 15 is 0 Å². The van der Waals surface area contributed by atoms with Crippen molar-refractivity contribution in [3.8, 4) is 0 Å². The van der Waals surface area contributed by atoms with Crippen LogP contribution in [0, 0.1) is 0 Å². The Bertz CT molecular complexity index is 396. The van der Waals surface area contributed by atoms with Gasteiger partial charge in [-0.1, -0.05) is 15.9 Å². The fraction of sp³-hybridized carbons (Fsp3) is 0.786. The summed E-state index contributed by atoms with van der Waals surface area (Å²) in [6, 6.07) is 0. The SMILES string of the molecule is CC(C)(CCOCCC(=O)ON1C(=O)CCC1=O)OCCBr. The van der Waals surface area contributed by atoms with Crippen LogP contribution in [0.1, 0.15) is 39.5 Å². The Morgan fingerprint density at radius 1 is 1.18 bits per heavy atom. The van der Waals surface area contributed by atoms with E-state index in [0.29, 0.717) is 24.7 Å². The molecule has 126 valence electrons. The molecule has 0 unspecified atom stereocenters. The van der Waals surface area contributed by atoms with Crippen molar-refractivity contribution in [2.24, 2.45) is 0 Å². The summed E-state index contributed by atoms with van der Waals surface area (Å²) in [6.45, 7) is 5.18. The van der Waals surface area contributed by atoms with Crippen LogP contribution in [0.4, 0.5) is 0 Å². The molecule has 0 saturated carbocycles. The van der Waals surface area contributed by atoms with Gasteiger partial charge in [-0.15, -0.1) is 5.06 Å². The molecule has 2 amide bonds. The number of halogens is 1. The zero-order valence-corrected chi connectivity index (χ0v) is 14.5. The Kier molecular flexibility index (Phi) is 7.98. The summed E-state index contributed by atoms with van der Waals surface area (Å²) in [7, 11) is 0. The second-order valence-corrected chi connectivity index (χ2v) is 6.25. The van der Waals surface area contributed by atoms with Gasteiger partial charge in [0.05, 0.1) is 25.2 Å². The van der Waals surface area contributed by atoms with Crippen molar-refractivity contribution in [3.63, 3.8) is 0 Å². The number of ether oxygens (including phenoxy) is 2. The van der Waals surface area contributed by atoms with Crippen molar-refractivity contribution < 1.29 is 28.7 Å². The highest BCUT2D eigenvalue weighted by Crippen LogP contribution is 2.15. The van der Waals surface area contributed by atoms with Crippen LogP contribution in [0.5, 0.6) is 0 Å². The van der Waals surface area contributed by atoms with Gasteiger partial charge >= 0.3 is 5.97 Å². The molecule has 0 radical (unpaired) electrons. The number of carbonyl (C=O) groups is 3. The first-order valence-electron chi connectivity index (χ1n) is 7.20. The molecule has 8 heteroatoms. The predicted octanol–water partition coefficient (Wildman–Crippen LogP) is 1.58. The largest absolute Gasteiger partial charge is 0.381 e. The van der Waals surface area contributed by atoms with Crippen LogP contribution in [0.15, 0.2) is 0 Å². The van der Waals surface area contributed by atoms with Crippen molar-refractivity contribution >= 4 is 33.7 Å². The molecule has 0 aromatic carbocycles. The summed E-state index contributed by atoms with van der Waals surface area (Å²) in [4.78, 5) is 38.8. The summed E-state index contributed by atoms with van der Waals surface area (Å²) < 4.78 is 11.0. The van der Waals surface area contributed by atoms with Crippen LogP contribution in [0.3, 0.4) is 0 Å². The van der Waals surface area contributed by atoms with Crippen molar-refractivity contribution in [2.75, 3.05) is 25.2 Å². The Hall–Kier alpha value is -0.990. The summed E-state index contributed by atoms with van der Waals surface area (Å²) in [6.07, 6.45) is 0.857. The highest BCUT2D eigenvalue weighted by Gasteiger charge is 2.32. The smallest absolute Gasteiger partial charge is 0.335 e. The standard InChI is InChI=1S/C14H22BrNO6/c1-14(2,21-10-7-15)6-9-20-8-5-13(19)22-16-11(17)3-4-12(16)18/h3-10H2,1-2H3. The molecular formula is C14H22BrNO6. The van der Waals surface area contributed by atoms with Gasteiger partial charge in [-0.25, -0.2) is 4.79 Å². The summed E-state index contributed by atoms with van der Waals surface area (Å²) in [5.74, 6) is -1.62. The number of imide groups is 1. The van der Waals surface area contributed by atoms with Crippen LogP contribution in [-0.2, 0) is 28.7 Å². The Morgan fingerprint density at radius 2 is 1.82 bits per heavy atom. The number of carbonyl (C=O) groups excluding carboxylic acids is 3. The molecule has 0 atom stereocenters. The number of alkyl halides is 1. The fourth-order valence-corrected chi connectivity index (χ4v) is 1.93. The zero-order valence-electron chi connectivity index (χ0n) is 12.9. The summed E-state index contributed by atoms with van der Waals surface area (Å²) >= 11 is 3.30. The van der Waals surface area contributed by atoms with Gasteiger partial charge in [0.25, 0.3) is 11.8 Å². The van der Waals surface area contributed by atoms with Gasteiger partial charge in [0, 0.05) is 24.8 Å². The lowest BCUT2D eigenvalue weighted by atomic mass is 10.1. The van der Waals surface area contributed by atoms with E-state index in [1.807, 2.05) is 13.8 Å². The lowest BCUT2D eigenvalue weighted by molar-refractivity contribution is -0.198. The molecule has 7 nitrogen and oxygen atoms in total. The van der Waals surface area contributed by atoms with Crippen molar-refractivity contribution in [1.29, 1.82) is 0 Å². The molecular weight excluding hydrogens is 358 g/mol. The molecule has 0 aliphatic carbocycles. The topological polar surface area (TPSA) is 82.1 Å². The Labute approximate surface area is 138 Å². The van der Waals surface area contributed by atoms with Crippen LogP contribution >= 0.6 is 15.9 Å². The number of hydrogen-bond donors (Lipinski definition) is 0. The molecule has 0 bridgehead atoms. The summed E-state index contributed by atoms with van der Waals surface area (Å²) in [5.41, 5.74) is -0.289. The second kappa shape index (κ2) is 9.22. The molecule has 1 heterocycles. The number of hydrogen-bond acceptors (Lipinski definition) is 6. The van der Waals surface area contributed by atoms with E-state index in [9.17, 15) is 14.4 Å². The monoisotopic (exact) mass is 379 g/mol. The van der Waals surface area contributed by atoms with Gasteiger partial charge in [0.2, 0.25) is 0 Å². The van der Waals surface area contributed by atoms with Crippen LogP contribution < -0.4 is 0 Å². The molecule has 22 heavy (non-hydrogen) atoms. The maximum atomic E-state index is 11.5. The van der Waals surface area contributed by atoms with Gasteiger partial charge in [-0.2, -0.15) is 0 Å². The van der Waals surface area contributed by atoms with E-state index in [1.54, 1.807) is 0 Å². The minimum absolute atomic E-state index is 0.0141. The van der Waals surface area contributed by atoms with Crippen LogP contribution in [0.25, 0.3) is 0 Å². The first-order valence-corrected chi connectivity index (χ1v) is 8.32. The average Bonchev–Trinajstić information content (AvgIpc) is 2.76. The minimum atomic E-state index is -0.654. The number of rotatable bonds is 10. The zero-order chi connectivity index (χ0) is 16.6. The van der Waals surface area contributed by atoms with Crippen LogP contribution in [-0.4, -0.2) is 53.6 Å². The first-order chi connectivity index (χ1) is 10.4. The molecule has 1 rings (SSSR count). The second-order valence-electron chi connectivity index (χ2n) is 5.45. The maximum Gasteiger partial charge on any atom is 0.335 e. The van der Waals surface area contributed by atoms with Gasteiger partial charge in [0.1, 0.15) is 0 Å². The number of amides is 2. The molecule has 0 N–H and O–H groups in total. The minimum Gasteiger partial charge on any atom is -0.381 e. The number of hydroxylamine groups is 2. The third-order valence-electron chi connectivity index (χ3n) is 3.07. The summed E-state index contributed by atoms with van der Waals surface area (Å²) in [5, 5.41) is 1.32. The van der Waals surface area contributed by atoms with E-state index in [2.05, 4.69) is 15.9 Å². The van der Waals surface area contributed by atoms with Crippen LogP contribution in [0.2, 0.25) is 0 Å². The predicted molar refractivity (Wildman–Crippen MR) is 81.1 cm³/mol. The molecule has 1 saturated heterocycles. The van der Waals surface area contributed by atoms with Gasteiger partial charge in [-0.3, -0.25) is 9.59 Å². The maximum absolute atomic E-state index is 11.5. The molecule has 1 aliphatic rings. The highest BCUT2D eigenvalue weighted by atomic mass is 79.9. The quantitative estimate of drug-likeness (QED) is 0.325. The third-order valence-corrected chi connectivity index (χ3v) is 3.39. The molecule has 0 spiro atoms. The molecule has 0 aromatic heterocycles. The van der Waals surface area contributed by atoms with Gasteiger partial charge in [-0.05, 0) is 20.3 Å². The van der Waals surface area contributed by atoms with Crippen molar-refractivity contribution in [3.05, 3.63) is 0 Å². The average molecular weight is 380 g/mol. The molecule has 1 aliphatic heterocycles. The van der Waals surface area contributed by atoms with Gasteiger partial charge < -0.3 is 14.3 Å². The van der Waals surface area contributed by atoms with Crippen molar-refractivity contribution in [2.45, 2.75) is 45.1 Å². The normalized spacial score (nSPS) is 15.5. The van der Waals surface area contributed by atoms with E-state index < -0.39 is 17.8 Å². The Morgan fingerprint density at radius 3 is 2.41 bits per heavy atom. The third kappa shape index (κ3) is 6.85. The van der Waals surface area contributed by atoms with Crippen molar-refractivity contribution in [1.82, 2.24) is 5.06 Å². The molecule has 1 fully saturated rings. The highest BCUT2D eigenvalue weighted by molar-refractivity contribution is 9.09. The lowest BCUT2D eigenvalue weighted by Gasteiger charge is -2.24. The number of nitrogens with zero attached hydrogens (tertiary/aromatic N) is 1. The van der Waals surface area contributed by atoms with E-state index in [0.717, 1.165) is 5.33 Å². The first kappa shape index (κ1) is 19.1. The van der Waals surface area contributed by atoms with E-state index in [-0.39, 0.29) is 31.5 Å². The Balaban J connectivity index is 2.13. The van der Waals surface area contributed by atoms with E-state index in [4.69, 9.17) is 14.3 Å². The van der Waals surface area contributed by atoms with Gasteiger partial charge in [0.15, 0.2) is 0 Å².